The minimum Gasteiger partial charge on any atom is -0.497 e. The van der Waals surface area contributed by atoms with Gasteiger partial charge in [0, 0.05) is 17.1 Å². The quantitative estimate of drug-likeness (QED) is 0.209. The van der Waals surface area contributed by atoms with E-state index < -0.39 is 11.9 Å². The van der Waals surface area contributed by atoms with Crippen LogP contribution in [0.5, 0.6) is 5.75 Å². The van der Waals surface area contributed by atoms with E-state index in [0.29, 0.717) is 23.8 Å². The zero-order chi connectivity index (χ0) is 27.3. The molecule has 0 bridgehead atoms. The van der Waals surface area contributed by atoms with Crippen molar-refractivity contribution in [3.05, 3.63) is 54.3 Å². The van der Waals surface area contributed by atoms with E-state index in [1.165, 1.54) is 23.9 Å². The van der Waals surface area contributed by atoms with E-state index in [1.54, 1.807) is 19.2 Å². The van der Waals surface area contributed by atoms with Gasteiger partial charge in [0.05, 0.1) is 26.9 Å². The molecule has 0 radical (unpaired) electrons. The van der Waals surface area contributed by atoms with Gasteiger partial charge in [-0.25, -0.2) is 4.39 Å². The van der Waals surface area contributed by atoms with Gasteiger partial charge < -0.3 is 30.5 Å². The molecule has 1 atom stereocenters. The van der Waals surface area contributed by atoms with Crippen molar-refractivity contribution < 1.29 is 23.8 Å². The minimum atomic E-state index is -0.615. The number of methoxy groups -OCH3 is 1. The van der Waals surface area contributed by atoms with Crippen LogP contribution < -0.4 is 20.7 Å². The average molecular weight is 545 g/mol. The fraction of sp³-hybridized carbons (Fsp3) is 0.385. The summed E-state index contributed by atoms with van der Waals surface area (Å²) in [6.07, 6.45) is 0.530. The van der Waals surface area contributed by atoms with Gasteiger partial charge in [-0.15, -0.1) is 0 Å². The van der Waals surface area contributed by atoms with Crippen LogP contribution in [0.1, 0.15) is 20.3 Å². The smallest absolute Gasteiger partial charge is 0.242 e. The first-order chi connectivity index (χ1) is 18.4. The third-order valence-electron chi connectivity index (χ3n) is 5.07. The number of hydrogen-bond donors (Lipinski definition) is 4. The van der Waals surface area contributed by atoms with Gasteiger partial charge >= 0.3 is 0 Å². The van der Waals surface area contributed by atoms with Crippen LogP contribution in [0.25, 0.3) is 0 Å². The number of amides is 1. The molecule has 1 amide bonds. The lowest BCUT2D eigenvalue weighted by molar-refractivity contribution is -0.122. The molecule has 2 aromatic carbocycles. The molecule has 0 spiro atoms. The summed E-state index contributed by atoms with van der Waals surface area (Å²) in [5.41, 5.74) is 0.474. The van der Waals surface area contributed by atoms with E-state index in [1.807, 2.05) is 38.1 Å². The van der Waals surface area contributed by atoms with E-state index in [0.717, 1.165) is 10.6 Å². The fourth-order valence-corrected chi connectivity index (χ4v) is 4.11. The number of aliphatic hydroxyl groups is 1. The van der Waals surface area contributed by atoms with Crippen molar-refractivity contribution in [2.45, 2.75) is 36.4 Å². The topological polar surface area (TPSA) is 131 Å². The largest absolute Gasteiger partial charge is 0.497 e. The summed E-state index contributed by atoms with van der Waals surface area (Å²) < 4.78 is 24.2. The van der Waals surface area contributed by atoms with Crippen molar-refractivity contribution in [3.8, 4) is 5.75 Å². The van der Waals surface area contributed by atoms with Crippen LogP contribution in [-0.2, 0) is 9.53 Å². The molecule has 0 saturated carbocycles. The van der Waals surface area contributed by atoms with Crippen LogP contribution in [0.15, 0.2) is 58.6 Å². The van der Waals surface area contributed by atoms with Crippen molar-refractivity contribution in [1.29, 1.82) is 0 Å². The summed E-state index contributed by atoms with van der Waals surface area (Å²) in [6.45, 7) is 4.76. The van der Waals surface area contributed by atoms with Crippen LogP contribution >= 0.6 is 11.8 Å². The highest BCUT2D eigenvalue weighted by atomic mass is 32.2. The van der Waals surface area contributed by atoms with Crippen LogP contribution in [0.3, 0.4) is 0 Å². The Morgan fingerprint density at radius 2 is 1.84 bits per heavy atom. The highest BCUT2D eigenvalue weighted by Crippen LogP contribution is 2.28. The number of carbonyl (C=O) groups is 1. The SMILES string of the molecule is COc1ccc(Sc2nc(Nc3cccc(F)c3)nc(N[C@@H](CC(C)C)C(=O)NCCOCCO)n2)cc1. The molecule has 3 rings (SSSR count). The van der Waals surface area contributed by atoms with Gasteiger partial charge in [-0.05, 0) is 66.6 Å². The second-order valence-corrected chi connectivity index (χ2v) is 9.67. The molecule has 0 aliphatic carbocycles. The standard InChI is InChI=1S/C26H33FN6O4S/c1-17(2)15-22(23(35)28-11-13-37-14-12-34)30-25-31-24(29-19-6-4-5-18(27)16-19)32-26(33-25)38-21-9-7-20(36-3)8-10-21/h4-10,16-17,22,34H,11-15H2,1-3H3,(H,28,35)(H2,29,30,31,32,33)/t22-/m0/s1. The second-order valence-electron chi connectivity index (χ2n) is 8.63. The maximum absolute atomic E-state index is 13.7. The monoisotopic (exact) mass is 544 g/mol. The van der Waals surface area contributed by atoms with Crippen molar-refractivity contribution in [3.63, 3.8) is 0 Å². The van der Waals surface area contributed by atoms with Gasteiger partial charge in [0.25, 0.3) is 0 Å². The van der Waals surface area contributed by atoms with E-state index in [9.17, 15) is 9.18 Å². The molecule has 12 heteroatoms. The van der Waals surface area contributed by atoms with Crippen molar-refractivity contribution in [2.75, 3.05) is 44.1 Å². The lowest BCUT2D eigenvalue weighted by Crippen LogP contribution is -2.42. The highest BCUT2D eigenvalue weighted by molar-refractivity contribution is 7.99. The fourth-order valence-electron chi connectivity index (χ4n) is 3.36. The number of rotatable bonds is 15. The van der Waals surface area contributed by atoms with Crippen LogP contribution in [-0.4, -0.2) is 65.5 Å². The van der Waals surface area contributed by atoms with Crippen LogP contribution in [0.2, 0.25) is 0 Å². The van der Waals surface area contributed by atoms with Gasteiger partial charge in [-0.1, -0.05) is 19.9 Å². The van der Waals surface area contributed by atoms with Crippen molar-refractivity contribution in [1.82, 2.24) is 20.3 Å². The third-order valence-corrected chi connectivity index (χ3v) is 5.95. The molecule has 1 aromatic heterocycles. The van der Waals surface area contributed by atoms with Crippen molar-refractivity contribution in [2.24, 2.45) is 5.92 Å². The zero-order valence-electron chi connectivity index (χ0n) is 21.6. The summed E-state index contributed by atoms with van der Waals surface area (Å²) >= 11 is 1.31. The number of ether oxygens (including phenoxy) is 2. The normalized spacial score (nSPS) is 11.7. The summed E-state index contributed by atoms with van der Waals surface area (Å²) in [6, 6.07) is 12.8. The molecule has 0 unspecified atom stereocenters. The molecule has 10 nitrogen and oxygen atoms in total. The summed E-state index contributed by atoms with van der Waals surface area (Å²) in [5, 5.41) is 18.2. The van der Waals surface area contributed by atoms with Gasteiger partial charge in [0.15, 0.2) is 5.16 Å². The molecule has 0 aliphatic heterocycles. The molecule has 3 aromatic rings. The third kappa shape index (κ3) is 9.77. The number of nitrogens with zero attached hydrogens (tertiary/aromatic N) is 3. The van der Waals surface area contributed by atoms with E-state index in [-0.39, 0.29) is 43.5 Å². The molecular weight excluding hydrogens is 511 g/mol. The molecule has 1 heterocycles. The molecule has 38 heavy (non-hydrogen) atoms. The number of halogens is 1. The Kier molecular flexibility index (Phi) is 11.5. The van der Waals surface area contributed by atoms with Gasteiger partial charge in [0.1, 0.15) is 17.6 Å². The highest BCUT2D eigenvalue weighted by Gasteiger charge is 2.21. The molecule has 204 valence electrons. The number of anilines is 3. The molecule has 4 N–H and O–H groups in total. The lowest BCUT2D eigenvalue weighted by atomic mass is 10.0. The van der Waals surface area contributed by atoms with E-state index >= 15 is 0 Å². The Morgan fingerprint density at radius 1 is 1.08 bits per heavy atom. The van der Waals surface area contributed by atoms with Gasteiger partial charge in [0.2, 0.25) is 17.8 Å². The number of carbonyl (C=O) groups excluding carboxylic acids is 1. The number of hydrogen-bond acceptors (Lipinski definition) is 10. The lowest BCUT2D eigenvalue weighted by Gasteiger charge is -2.20. The first kappa shape index (κ1) is 29.1. The Labute approximate surface area is 225 Å². The molecule has 0 fully saturated rings. The first-order valence-corrected chi connectivity index (χ1v) is 13.0. The number of nitrogens with one attached hydrogen (secondary N) is 3. The van der Waals surface area contributed by atoms with E-state index in [2.05, 4.69) is 30.9 Å². The Morgan fingerprint density at radius 3 is 2.53 bits per heavy atom. The van der Waals surface area contributed by atoms with Gasteiger partial charge in [-0.3, -0.25) is 4.79 Å². The second kappa shape index (κ2) is 15.1. The average Bonchev–Trinajstić information content (AvgIpc) is 2.88. The maximum Gasteiger partial charge on any atom is 0.242 e. The van der Waals surface area contributed by atoms with Crippen LogP contribution in [0, 0.1) is 11.7 Å². The Bertz CT molecular complexity index is 1170. The minimum absolute atomic E-state index is 0.0757. The molecule has 0 aliphatic rings. The Hall–Kier alpha value is -3.48. The van der Waals surface area contributed by atoms with Crippen molar-refractivity contribution >= 4 is 35.3 Å². The zero-order valence-corrected chi connectivity index (χ0v) is 22.4. The maximum atomic E-state index is 13.7. The summed E-state index contributed by atoms with van der Waals surface area (Å²) in [5.74, 6) is 0.717. The molecular formula is C26H33FN6O4S. The Balaban J connectivity index is 1.83. The first-order valence-electron chi connectivity index (χ1n) is 12.2. The summed E-state index contributed by atoms with van der Waals surface area (Å²) in [7, 11) is 1.60. The van der Waals surface area contributed by atoms with Gasteiger partial charge in [-0.2, -0.15) is 15.0 Å². The summed E-state index contributed by atoms with van der Waals surface area (Å²) in [4.78, 5) is 27.3. The number of aromatic nitrogens is 3. The molecule has 0 saturated heterocycles. The number of aliphatic hydroxyl groups excluding tert-OH is 1. The van der Waals surface area contributed by atoms with E-state index in [4.69, 9.17) is 14.6 Å². The van der Waals surface area contributed by atoms with Crippen LogP contribution in [0.4, 0.5) is 22.0 Å². The predicted octanol–water partition coefficient (Wildman–Crippen LogP) is 3.87. The number of benzene rings is 2. The predicted molar refractivity (Wildman–Crippen MR) is 144 cm³/mol.